The average molecular weight is 262 g/mol. The summed E-state index contributed by atoms with van der Waals surface area (Å²) in [5.41, 5.74) is 1.48. The first-order chi connectivity index (χ1) is 9.11. The standard InChI is InChI=1S/C15H22N2O2/c1-3-13-11-16(2)9-4-10-17(13)14-7-5-12(6-8-14)15(18)19/h5-8,13H,3-4,9-11H2,1-2H3,(H,18,19). The van der Waals surface area contributed by atoms with Crippen molar-refractivity contribution in [1.82, 2.24) is 4.90 Å². The summed E-state index contributed by atoms with van der Waals surface area (Å²) in [5, 5.41) is 8.94. The number of carboxylic acids is 1. The lowest BCUT2D eigenvalue weighted by Crippen LogP contribution is -2.39. The molecule has 1 aliphatic heterocycles. The van der Waals surface area contributed by atoms with E-state index in [0.29, 0.717) is 11.6 Å². The molecule has 0 bridgehead atoms. The molecule has 1 unspecified atom stereocenters. The zero-order chi connectivity index (χ0) is 13.8. The number of anilines is 1. The van der Waals surface area contributed by atoms with Gasteiger partial charge in [0, 0.05) is 24.8 Å². The molecule has 4 heteroatoms. The van der Waals surface area contributed by atoms with E-state index in [1.54, 1.807) is 12.1 Å². The van der Waals surface area contributed by atoms with E-state index >= 15 is 0 Å². The Morgan fingerprint density at radius 2 is 2.00 bits per heavy atom. The lowest BCUT2D eigenvalue weighted by atomic mass is 10.1. The zero-order valence-corrected chi connectivity index (χ0v) is 11.7. The van der Waals surface area contributed by atoms with Gasteiger partial charge in [-0.3, -0.25) is 0 Å². The van der Waals surface area contributed by atoms with Crippen LogP contribution in [0.25, 0.3) is 0 Å². The van der Waals surface area contributed by atoms with Gasteiger partial charge in [0.1, 0.15) is 0 Å². The predicted octanol–water partition coefficient (Wildman–Crippen LogP) is 2.31. The SMILES string of the molecule is CCC1CN(C)CCCN1c1ccc(C(=O)O)cc1. The molecule has 1 atom stereocenters. The predicted molar refractivity (Wildman–Crippen MR) is 76.9 cm³/mol. The van der Waals surface area contributed by atoms with E-state index in [-0.39, 0.29) is 0 Å². The molecule has 0 aromatic heterocycles. The van der Waals surface area contributed by atoms with Gasteiger partial charge in [0.2, 0.25) is 0 Å². The third kappa shape index (κ3) is 3.26. The molecule has 1 aliphatic rings. The quantitative estimate of drug-likeness (QED) is 0.908. The van der Waals surface area contributed by atoms with Gasteiger partial charge in [-0.1, -0.05) is 6.92 Å². The molecule has 0 spiro atoms. The summed E-state index contributed by atoms with van der Waals surface area (Å²) in [6.45, 7) is 5.44. The van der Waals surface area contributed by atoms with Gasteiger partial charge in [-0.05, 0) is 50.7 Å². The third-order valence-electron chi connectivity index (χ3n) is 3.82. The highest BCUT2D eigenvalue weighted by atomic mass is 16.4. The van der Waals surface area contributed by atoms with Gasteiger partial charge in [0.15, 0.2) is 0 Å². The van der Waals surface area contributed by atoms with Crippen LogP contribution in [0, 0.1) is 0 Å². The number of hydrogen-bond acceptors (Lipinski definition) is 3. The van der Waals surface area contributed by atoms with Crippen molar-refractivity contribution in [2.24, 2.45) is 0 Å². The Hall–Kier alpha value is -1.55. The van der Waals surface area contributed by atoms with Crippen molar-refractivity contribution in [3.05, 3.63) is 29.8 Å². The first-order valence-electron chi connectivity index (χ1n) is 6.90. The highest BCUT2D eigenvalue weighted by Gasteiger charge is 2.22. The van der Waals surface area contributed by atoms with Crippen LogP contribution in [0.4, 0.5) is 5.69 Å². The second kappa shape index (κ2) is 6.06. The number of nitrogens with zero attached hydrogens (tertiary/aromatic N) is 2. The minimum absolute atomic E-state index is 0.351. The van der Waals surface area contributed by atoms with Crippen molar-refractivity contribution in [2.75, 3.05) is 31.6 Å². The maximum absolute atomic E-state index is 10.9. The topological polar surface area (TPSA) is 43.8 Å². The molecule has 2 rings (SSSR count). The Morgan fingerprint density at radius 3 is 2.58 bits per heavy atom. The highest BCUT2D eigenvalue weighted by Crippen LogP contribution is 2.22. The van der Waals surface area contributed by atoms with Gasteiger partial charge in [0.25, 0.3) is 0 Å². The second-order valence-electron chi connectivity index (χ2n) is 5.22. The summed E-state index contributed by atoms with van der Waals surface area (Å²) >= 11 is 0. The maximum atomic E-state index is 10.9. The Morgan fingerprint density at radius 1 is 1.32 bits per heavy atom. The van der Waals surface area contributed by atoms with E-state index in [1.165, 1.54) is 0 Å². The molecule has 1 heterocycles. The van der Waals surface area contributed by atoms with E-state index in [1.807, 2.05) is 12.1 Å². The molecule has 1 aromatic rings. The molecule has 1 fully saturated rings. The minimum atomic E-state index is -0.866. The van der Waals surface area contributed by atoms with Crippen molar-refractivity contribution < 1.29 is 9.90 Å². The van der Waals surface area contributed by atoms with E-state index in [9.17, 15) is 4.79 Å². The number of rotatable bonds is 3. The molecule has 1 aromatic carbocycles. The molecule has 1 N–H and O–H groups in total. The van der Waals surface area contributed by atoms with E-state index < -0.39 is 5.97 Å². The zero-order valence-electron chi connectivity index (χ0n) is 11.7. The molecule has 0 amide bonds. The Labute approximate surface area is 114 Å². The largest absolute Gasteiger partial charge is 0.478 e. The van der Waals surface area contributed by atoms with Crippen LogP contribution in [0.2, 0.25) is 0 Å². The summed E-state index contributed by atoms with van der Waals surface area (Å²) in [7, 11) is 2.17. The Balaban J connectivity index is 2.20. The second-order valence-corrected chi connectivity index (χ2v) is 5.22. The molecule has 0 saturated carbocycles. The average Bonchev–Trinajstić information content (AvgIpc) is 2.60. The summed E-state index contributed by atoms with van der Waals surface area (Å²) < 4.78 is 0. The van der Waals surface area contributed by atoms with Crippen LogP contribution < -0.4 is 4.90 Å². The molecular formula is C15H22N2O2. The molecular weight excluding hydrogens is 240 g/mol. The first-order valence-corrected chi connectivity index (χ1v) is 6.90. The van der Waals surface area contributed by atoms with Crippen LogP contribution in [0.5, 0.6) is 0 Å². The number of carboxylic acid groups (broad SMARTS) is 1. The van der Waals surface area contributed by atoms with Gasteiger partial charge in [0.05, 0.1) is 5.56 Å². The van der Waals surface area contributed by atoms with E-state index in [2.05, 4.69) is 23.8 Å². The Bertz CT molecular complexity index is 430. The fourth-order valence-corrected chi connectivity index (χ4v) is 2.73. The van der Waals surface area contributed by atoms with Crippen molar-refractivity contribution in [3.63, 3.8) is 0 Å². The molecule has 4 nitrogen and oxygen atoms in total. The van der Waals surface area contributed by atoms with Crippen molar-refractivity contribution >= 4 is 11.7 Å². The summed E-state index contributed by atoms with van der Waals surface area (Å²) in [5.74, 6) is -0.866. The lowest BCUT2D eigenvalue weighted by molar-refractivity contribution is 0.0697. The van der Waals surface area contributed by atoms with Crippen LogP contribution in [0.15, 0.2) is 24.3 Å². The summed E-state index contributed by atoms with van der Waals surface area (Å²) in [6.07, 6.45) is 2.25. The number of likely N-dealkylation sites (N-methyl/N-ethyl adjacent to an activating group) is 1. The van der Waals surface area contributed by atoms with Crippen LogP contribution in [0.1, 0.15) is 30.1 Å². The van der Waals surface area contributed by atoms with E-state index in [0.717, 1.165) is 38.2 Å². The molecule has 0 aliphatic carbocycles. The van der Waals surface area contributed by atoms with E-state index in [4.69, 9.17) is 5.11 Å². The fraction of sp³-hybridized carbons (Fsp3) is 0.533. The van der Waals surface area contributed by atoms with Crippen LogP contribution >= 0.6 is 0 Å². The number of hydrogen-bond donors (Lipinski definition) is 1. The van der Waals surface area contributed by atoms with Gasteiger partial charge < -0.3 is 14.9 Å². The smallest absolute Gasteiger partial charge is 0.335 e. The first kappa shape index (κ1) is 13.9. The third-order valence-corrected chi connectivity index (χ3v) is 3.82. The molecule has 0 radical (unpaired) electrons. The van der Waals surface area contributed by atoms with Gasteiger partial charge in [-0.2, -0.15) is 0 Å². The van der Waals surface area contributed by atoms with Gasteiger partial charge >= 0.3 is 5.97 Å². The Kier molecular flexibility index (Phi) is 4.43. The normalized spacial score (nSPS) is 21.2. The fourth-order valence-electron chi connectivity index (χ4n) is 2.73. The minimum Gasteiger partial charge on any atom is -0.478 e. The number of benzene rings is 1. The van der Waals surface area contributed by atoms with Crippen LogP contribution in [0.3, 0.4) is 0 Å². The molecule has 19 heavy (non-hydrogen) atoms. The highest BCUT2D eigenvalue weighted by molar-refractivity contribution is 5.88. The van der Waals surface area contributed by atoms with Gasteiger partial charge in [-0.25, -0.2) is 4.79 Å². The van der Waals surface area contributed by atoms with Crippen LogP contribution in [-0.4, -0.2) is 48.7 Å². The maximum Gasteiger partial charge on any atom is 0.335 e. The molecule has 104 valence electrons. The summed E-state index contributed by atoms with van der Waals surface area (Å²) in [6, 6.07) is 7.75. The number of carbonyl (C=O) groups is 1. The van der Waals surface area contributed by atoms with Crippen molar-refractivity contribution in [3.8, 4) is 0 Å². The lowest BCUT2D eigenvalue weighted by Gasteiger charge is -2.32. The molecule has 1 saturated heterocycles. The van der Waals surface area contributed by atoms with Crippen LogP contribution in [-0.2, 0) is 0 Å². The van der Waals surface area contributed by atoms with Crippen molar-refractivity contribution in [2.45, 2.75) is 25.8 Å². The monoisotopic (exact) mass is 262 g/mol. The summed E-state index contributed by atoms with van der Waals surface area (Å²) in [4.78, 5) is 15.7. The number of aromatic carboxylic acids is 1. The van der Waals surface area contributed by atoms with Gasteiger partial charge in [-0.15, -0.1) is 0 Å². The van der Waals surface area contributed by atoms with Crippen molar-refractivity contribution in [1.29, 1.82) is 0 Å².